The Morgan fingerprint density at radius 2 is 1.79 bits per heavy atom. The van der Waals surface area contributed by atoms with Crippen LogP contribution in [-0.2, 0) is 9.47 Å². The monoisotopic (exact) mass is 208 g/mol. The van der Waals surface area contributed by atoms with E-state index in [9.17, 15) is 15.3 Å². The summed E-state index contributed by atoms with van der Waals surface area (Å²) in [6.07, 6.45) is -5.89. The van der Waals surface area contributed by atoms with E-state index in [1.54, 1.807) is 6.92 Å². The van der Waals surface area contributed by atoms with Crippen LogP contribution in [0, 0.1) is 0 Å². The van der Waals surface area contributed by atoms with Gasteiger partial charge in [0, 0.05) is 6.61 Å². The van der Waals surface area contributed by atoms with Crippen molar-refractivity contribution in [3.8, 4) is 0 Å². The highest BCUT2D eigenvalue weighted by atomic mass is 16.7. The summed E-state index contributed by atoms with van der Waals surface area (Å²) >= 11 is 0. The van der Waals surface area contributed by atoms with E-state index in [2.05, 4.69) is 0 Å². The molecule has 0 saturated carbocycles. The Hall–Kier alpha value is -0.240. The van der Waals surface area contributed by atoms with Gasteiger partial charge in [0.15, 0.2) is 6.29 Å². The van der Waals surface area contributed by atoms with Crippen molar-refractivity contribution in [1.82, 2.24) is 0 Å². The van der Waals surface area contributed by atoms with E-state index >= 15 is 0 Å². The van der Waals surface area contributed by atoms with Crippen LogP contribution in [0.25, 0.3) is 0 Å². The summed E-state index contributed by atoms with van der Waals surface area (Å²) in [7, 11) is 0. The second kappa shape index (κ2) is 5.01. The van der Waals surface area contributed by atoms with E-state index in [1.165, 1.54) is 0 Å². The maximum Gasteiger partial charge on any atom is 0.186 e. The van der Waals surface area contributed by atoms with Gasteiger partial charge in [0.05, 0.1) is 6.61 Å². The zero-order valence-corrected chi connectivity index (χ0v) is 7.91. The zero-order chi connectivity index (χ0) is 10.7. The Labute approximate surface area is 81.7 Å². The van der Waals surface area contributed by atoms with Crippen LogP contribution < -0.4 is 0 Å². The van der Waals surface area contributed by atoms with Crippen LogP contribution in [0.3, 0.4) is 0 Å². The summed E-state index contributed by atoms with van der Waals surface area (Å²) in [5.74, 6) is 0. The van der Waals surface area contributed by atoms with Gasteiger partial charge in [-0.2, -0.15) is 0 Å². The van der Waals surface area contributed by atoms with Gasteiger partial charge in [-0.25, -0.2) is 0 Å². The van der Waals surface area contributed by atoms with Gasteiger partial charge in [-0.3, -0.25) is 0 Å². The predicted molar refractivity (Wildman–Crippen MR) is 45.4 cm³/mol. The summed E-state index contributed by atoms with van der Waals surface area (Å²) in [6.45, 7) is 1.58. The van der Waals surface area contributed by atoms with Gasteiger partial charge in [-0.05, 0) is 6.92 Å². The molecule has 0 aromatic carbocycles. The smallest absolute Gasteiger partial charge is 0.186 e. The molecule has 4 N–H and O–H groups in total. The third-order valence-corrected chi connectivity index (χ3v) is 2.18. The van der Waals surface area contributed by atoms with E-state index in [4.69, 9.17) is 14.6 Å². The number of ether oxygens (including phenoxy) is 2. The standard InChI is InChI=1S/C8H16O6/c1-2-13-8-7(12)6(11)5(10)4(3-9)14-8/h4-12H,2-3H2,1H3/t4-,5+,6-,7-,8+/m1/s1. The molecular formula is C8H16O6. The highest BCUT2D eigenvalue weighted by molar-refractivity contribution is 4.88. The molecule has 84 valence electrons. The minimum Gasteiger partial charge on any atom is -0.394 e. The second-order valence-corrected chi connectivity index (χ2v) is 3.15. The molecular weight excluding hydrogens is 192 g/mol. The van der Waals surface area contributed by atoms with Crippen LogP contribution in [0.15, 0.2) is 0 Å². The molecule has 0 aromatic heterocycles. The van der Waals surface area contributed by atoms with Crippen molar-refractivity contribution < 1.29 is 29.9 Å². The molecule has 1 saturated heterocycles. The van der Waals surface area contributed by atoms with Gasteiger partial charge in [-0.1, -0.05) is 0 Å². The molecule has 0 amide bonds. The Kier molecular flexibility index (Phi) is 4.24. The average molecular weight is 208 g/mol. The van der Waals surface area contributed by atoms with Crippen LogP contribution in [0.2, 0.25) is 0 Å². The van der Waals surface area contributed by atoms with E-state index in [-0.39, 0.29) is 0 Å². The molecule has 0 unspecified atom stereocenters. The molecule has 0 aliphatic carbocycles. The molecule has 6 heteroatoms. The second-order valence-electron chi connectivity index (χ2n) is 3.15. The van der Waals surface area contributed by atoms with Crippen LogP contribution >= 0.6 is 0 Å². The lowest BCUT2D eigenvalue weighted by Crippen LogP contribution is -2.59. The third kappa shape index (κ3) is 2.22. The largest absolute Gasteiger partial charge is 0.394 e. The van der Waals surface area contributed by atoms with Crippen LogP contribution in [0.4, 0.5) is 0 Å². The maximum atomic E-state index is 9.41. The molecule has 1 heterocycles. The lowest BCUT2D eigenvalue weighted by molar-refractivity contribution is -0.300. The van der Waals surface area contributed by atoms with E-state index in [0.717, 1.165) is 0 Å². The molecule has 1 aliphatic heterocycles. The van der Waals surface area contributed by atoms with Gasteiger partial charge in [0.25, 0.3) is 0 Å². The molecule has 1 aliphatic rings. The van der Waals surface area contributed by atoms with Gasteiger partial charge < -0.3 is 29.9 Å². The van der Waals surface area contributed by atoms with Crippen molar-refractivity contribution in [3.05, 3.63) is 0 Å². The minimum absolute atomic E-state index is 0.308. The number of rotatable bonds is 3. The Bertz CT molecular complexity index is 171. The van der Waals surface area contributed by atoms with Crippen molar-refractivity contribution >= 4 is 0 Å². The lowest BCUT2D eigenvalue weighted by Gasteiger charge is -2.39. The zero-order valence-electron chi connectivity index (χ0n) is 7.91. The molecule has 1 fully saturated rings. The van der Waals surface area contributed by atoms with E-state index in [1.807, 2.05) is 0 Å². The molecule has 14 heavy (non-hydrogen) atoms. The maximum absolute atomic E-state index is 9.41. The van der Waals surface area contributed by atoms with Gasteiger partial charge in [0.1, 0.15) is 24.4 Å². The van der Waals surface area contributed by atoms with Gasteiger partial charge >= 0.3 is 0 Å². The van der Waals surface area contributed by atoms with Crippen molar-refractivity contribution in [1.29, 1.82) is 0 Å². The lowest BCUT2D eigenvalue weighted by atomic mass is 9.99. The summed E-state index contributed by atoms with van der Waals surface area (Å²) in [5, 5.41) is 36.9. The molecule has 0 radical (unpaired) electrons. The normalized spacial score (nSPS) is 43.9. The van der Waals surface area contributed by atoms with Crippen molar-refractivity contribution in [3.63, 3.8) is 0 Å². The third-order valence-electron chi connectivity index (χ3n) is 2.18. The molecule has 1 rings (SSSR count). The van der Waals surface area contributed by atoms with E-state index in [0.29, 0.717) is 6.61 Å². The number of aliphatic hydroxyl groups excluding tert-OH is 4. The number of hydrogen-bond acceptors (Lipinski definition) is 6. The molecule has 0 spiro atoms. The van der Waals surface area contributed by atoms with E-state index < -0.39 is 37.3 Å². The summed E-state index contributed by atoms with van der Waals surface area (Å²) in [5.41, 5.74) is 0. The first-order valence-corrected chi connectivity index (χ1v) is 4.54. The highest BCUT2D eigenvalue weighted by Crippen LogP contribution is 2.21. The fourth-order valence-corrected chi connectivity index (χ4v) is 1.37. The molecule has 6 nitrogen and oxygen atoms in total. The van der Waals surface area contributed by atoms with Gasteiger partial charge in [-0.15, -0.1) is 0 Å². The Balaban J connectivity index is 2.63. The minimum atomic E-state index is -1.36. The summed E-state index contributed by atoms with van der Waals surface area (Å²) < 4.78 is 10.0. The first-order valence-electron chi connectivity index (χ1n) is 4.54. The van der Waals surface area contributed by atoms with Crippen molar-refractivity contribution in [2.24, 2.45) is 0 Å². The summed E-state index contributed by atoms with van der Waals surface area (Å²) in [4.78, 5) is 0. The Morgan fingerprint density at radius 1 is 1.14 bits per heavy atom. The van der Waals surface area contributed by atoms with Crippen molar-refractivity contribution in [2.75, 3.05) is 13.2 Å². The quantitative estimate of drug-likeness (QED) is 0.421. The van der Waals surface area contributed by atoms with Gasteiger partial charge in [0.2, 0.25) is 0 Å². The highest BCUT2D eigenvalue weighted by Gasteiger charge is 2.43. The number of aliphatic hydroxyl groups is 4. The first kappa shape index (κ1) is 11.8. The Morgan fingerprint density at radius 3 is 2.29 bits per heavy atom. The summed E-state index contributed by atoms with van der Waals surface area (Å²) in [6, 6.07) is 0. The predicted octanol–water partition coefficient (Wildman–Crippen LogP) is -2.18. The SMILES string of the molecule is CCO[C@H]1O[C@H](CO)[C@H](O)[C@@H](O)[C@H]1O. The topological polar surface area (TPSA) is 99.4 Å². The average Bonchev–Trinajstić information content (AvgIpc) is 2.19. The molecule has 0 aromatic rings. The first-order chi connectivity index (χ1) is 6.61. The molecule has 0 bridgehead atoms. The van der Waals surface area contributed by atoms with Crippen molar-refractivity contribution in [2.45, 2.75) is 37.6 Å². The van der Waals surface area contributed by atoms with Crippen LogP contribution in [0.5, 0.6) is 0 Å². The molecule has 5 atom stereocenters. The number of hydrogen-bond donors (Lipinski definition) is 4. The van der Waals surface area contributed by atoms with Crippen LogP contribution in [-0.4, -0.2) is 64.3 Å². The fraction of sp³-hybridized carbons (Fsp3) is 1.00. The fourth-order valence-electron chi connectivity index (χ4n) is 1.37. The van der Waals surface area contributed by atoms with Crippen LogP contribution in [0.1, 0.15) is 6.92 Å².